The zero-order valence-corrected chi connectivity index (χ0v) is 15.0. The van der Waals surface area contributed by atoms with Crippen LogP contribution in [-0.2, 0) is 9.53 Å². The Balaban J connectivity index is 2.35. The third-order valence-electron chi connectivity index (χ3n) is 4.34. The van der Waals surface area contributed by atoms with Crippen LogP contribution in [-0.4, -0.2) is 24.6 Å². The van der Waals surface area contributed by atoms with Crippen molar-refractivity contribution in [1.82, 2.24) is 0 Å². The molecule has 0 aliphatic rings. The summed E-state index contributed by atoms with van der Waals surface area (Å²) in [5.41, 5.74) is 1.33. The molecule has 2 rings (SSSR count). The molecule has 0 aromatic heterocycles. The number of rotatable bonds is 6. The Bertz CT molecular complexity index is 788. The normalized spacial score (nSPS) is 13.0. The van der Waals surface area contributed by atoms with Crippen LogP contribution in [0.1, 0.15) is 45.2 Å². The minimum atomic E-state index is -1.56. The lowest BCUT2D eigenvalue weighted by Crippen LogP contribution is -2.39. The van der Waals surface area contributed by atoms with E-state index in [4.69, 9.17) is 4.74 Å². The second-order valence-electron chi connectivity index (χ2n) is 6.48. The summed E-state index contributed by atoms with van der Waals surface area (Å²) < 4.78 is 4.83. The molecule has 1 atom stereocenters. The lowest BCUT2D eigenvalue weighted by Gasteiger charge is -2.24. The third-order valence-corrected chi connectivity index (χ3v) is 4.34. The summed E-state index contributed by atoms with van der Waals surface area (Å²) in [7, 11) is 1.22. The number of methoxy groups -OCH3 is 1. The van der Waals surface area contributed by atoms with Crippen molar-refractivity contribution in [2.45, 2.75) is 27.2 Å². The Kier molecular flexibility index (Phi) is 5.52. The fourth-order valence-electron chi connectivity index (χ4n) is 2.66. The van der Waals surface area contributed by atoms with E-state index in [0.717, 1.165) is 11.1 Å². The van der Waals surface area contributed by atoms with Gasteiger partial charge in [0.2, 0.25) is 0 Å². The summed E-state index contributed by atoms with van der Waals surface area (Å²) in [5, 5.41) is 0. The van der Waals surface area contributed by atoms with Gasteiger partial charge in [-0.25, -0.2) is 0 Å². The van der Waals surface area contributed by atoms with Gasteiger partial charge in [0.25, 0.3) is 0 Å². The number of hydrogen-bond acceptors (Lipinski definition) is 4. The first-order valence-corrected chi connectivity index (χ1v) is 8.07. The number of benzene rings is 2. The summed E-state index contributed by atoms with van der Waals surface area (Å²) in [6, 6.07) is 14.0. The van der Waals surface area contributed by atoms with Gasteiger partial charge in [-0.1, -0.05) is 59.7 Å². The molecule has 0 saturated heterocycles. The topological polar surface area (TPSA) is 60.4 Å². The fourth-order valence-corrected chi connectivity index (χ4v) is 2.66. The average molecular weight is 338 g/mol. The van der Waals surface area contributed by atoms with Crippen molar-refractivity contribution in [2.75, 3.05) is 7.11 Å². The van der Waals surface area contributed by atoms with Gasteiger partial charge in [-0.2, -0.15) is 0 Å². The molecule has 0 saturated carbocycles. The maximum Gasteiger partial charge on any atom is 0.319 e. The monoisotopic (exact) mass is 338 g/mol. The lowest BCUT2D eigenvalue weighted by molar-refractivity contribution is -0.148. The molecular weight excluding hydrogens is 316 g/mol. The van der Waals surface area contributed by atoms with Crippen molar-refractivity contribution in [1.29, 1.82) is 0 Å². The van der Waals surface area contributed by atoms with Crippen molar-refractivity contribution in [3.05, 3.63) is 70.8 Å². The van der Waals surface area contributed by atoms with E-state index >= 15 is 0 Å². The molecule has 0 amide bonds. The van der Waals surface area contributed by atoms with Gasteiger partial charge in [0.1, 0.15) is 5.41 Å². The van der Waals surface area contributed by atoms with E-state index in [1.165, 1.54) is 14.0 Å². The van der Waals surface area contributed by atoms with Crippen LogP contribution >= 0.6 is 0 Å². The Hall–Kier alpha value is -2.75. The highest BCUT2D eigenvalue weighted by molar-refractivity contribution is 6.15. The van der Waals surface area contributed by atoms with E-state index in [9.17, 15) is 14.4 Å². The molecule has 130 valence electrons. The number of carbonyl (C=O) groups excluding carboxylic acids is 3. The van der Waals surface area contributed by atoms with E-state index in [1.807, 2.05) is 26.0 Å². The van der Waals surface area contributed by atoms with Crippen molar-refractivity contribution in [2.24, 2.45) is 5.41 Å². The zero-order valence-electron chi connectivity index (χ0n) is 15.0. The van der Waals surface area contributed by atoms with Crippen LogP contribution < -0.4 is 0 Å². The quantitative estimate of drug-likeness (QED) is 0.455. The standard InChI is InChI=1S/C21H22O4/c1-14-5-9-16(10-6-14)18(22)13-21(3,20(24)25-4)19(23)17-11-7-15(2)8-12-17/h5-12H,13H2,1-4H3. The number of ether oxygens (including phenoxy) is 1. The van der Waals surface area contributed by atoms with Crippen LogP contribution in [0.2, 0.25) is 0 Å². The molecular formula is C21H22O4. The van der Waals surface area contributed by atoms with Crippen molar-refractivity contribution >= 4 is 17.5 Å². The van der Waals surface area contributed by atoms with Crippen LogP contribution in [0, 0.1) is 19.3 Å². The highest BCUT2D eigenvalue weighted by Crippen LogP contribution is 2.30. The summed E-state index contributed by atoms with van der Waals surface area (Å²) in [4.78, 5) is 37.9. The lowest BCUT2D eigenvalue weighted by atomic mass is 9.77. The van der Waals surface area contributed by atoms with Gasteiger partial charge in [-0.05, 0) is 20.8 Å². The molecule has 25 heavy (non-hydrogen) atoms. The number of esters is 1. The smallest absolute Gasteiger partial charge is 0.319 e. The van der Waals surface area contributed by atoms with E-state index in [1.54, 1.807) is 36.4 Å². The highest BCUT2D eigenvalue weighted by atomic mass is 16.5. The minimum absolute atomic E-state index is 0.241. The van der Waals surface area contributed by atoms with E-state index < -0.39 is 17.2 Å². The summed E-state index contributed by atoms with van der Waals surface area (Å²) >= 11 is 0. The Morgan fingerprint density at radius 3 is 1.72 bits per heavy atom. The maximum absolute atomic E-state index is 12.9. The number of aryl methyl sites for hydroxylation is 2. The van der Waals surface area contributed by atoms with Gasteiger partial charge >= 0.3 is 5.97 Å². The van der Waals surface area contributed by atoms with Crippen LogP contribution in [0.15, 0.2) is 48.5 Å². The number of Topliss-reactive ketones (excluding diaryl/α,β-unsaturated/α-hetero) is 2. The van der Waals surface area contributed by atoms with Crippen LogP contribution in [0.4, 0.5) is 0 Å². The zero-order chi connectivity index (χ0) is 18.6. The van der Waals surface area contributed by atoms with Crippen LogP contribution in [0.25, 0.3) is 0 Å². The predicted octanol–water partition coefficient (Wildman–Crippen LogP) is 3.94. The molecule has 0 N–H and O–H groups in total. The van der Waals surface area contributed by atoms with Gasteiger partial charge < -0.3 is 4.74 Å². The first kappa shape index (κ1) is 18.6. The first-order chi connectivity index (χ1) is 11.8. The predicted molar refractivity (Wildman–Crippen MR) is 95.8 cm³/mol. The van der Waals surface area contributed by atoms with Gasteiger partial charge in [0, 0.05) is 17.5 Å². The number of ketones is 2. The minimum Gasteiger partial charge on any atom is -0.468 e. The maximum atomic E-state index is 12.9. The third kappa shape index (κ3) is 4.02. The first-order valence-electron chi connectivity index (χ1n) is 8.07. The number of hydrogen-bond donors (Lipinski definition) is 0. The van der Waals surface area contributed by atoms with Gasteiger partial charge in [0.15, 0.2) is 11.6 Å². The summed E-state index contributed by atoms with van der Waals surface area (Å²) in [6.07, 6.45) is -0.241. The molecule has 0 aliphatic carbocycles. The van der Waals surface area contributed by atoms with E-state index in [-0.39, 0.29) is 12.2 Å². The Labute approximate surface area is 147 Å². The molecule has 4 nitrogen and oxygen atoms in total. The highest BCUT2D eigenvalue weighted by Gasteiger charge is 2.44. The van der Waals surface area contributed by atoms with Crippen molar-refractivity contribution < 1.29 is 19.1 Å². The molecule has 2 aromatic carbocycles. The molecule has 2 aromatic rings. The van der Waals surface area contributed by atoms with E-state index in [2.05, 4.69) is 0 Å². The molecule has 0 spiro atoms. The van der Waals surface area contributed by atoms with Gasteiger partial charge in [-0.3, -0.25) is 14.4 Å². The second kappa shape index (κ2) is 7.43. The summed E-state index contributed by atoms with van der Waals surface area (Å²) in [5.74, 6) is -1.40. The molecule has 0 heterocycles. The van der Waals surface area contributed by atoms with Gasteiger partial charge in [0.05, 0.1) is 7.11 Å². The SMILES string of the molecule is COC(=O)C(C)(CC(=O)c1ccc(C)cc1)C(=O)c1ccc(C)cc1. The Morgan fingerprint density at radius 1 is 0.840 bits per heavy atom. The molecule has 0 fully saturated rings. The van der Waals surface area contributed by atoms with Crippen molar-refractivity contribution in [3.8, 4) is 0 Å². The molecule has 0 bridgehead atoms. The van der Waals surface area contributed by atoms with Gasteiger partial charge in [-0.15, -0.1) is 0 Å². The average Bonchev–Trinajstić information content (AvgIpc) is 2.61. The Morgan fingerprint density at radius 2 is 1.28 bits per heavy atom. The molecule has 0 radical (unpaired) electrons. The molecule has 0 aliphatic heterocycles. The number of carbonyl (C=O) groups is 3. The molecule has 4 heteroatoms. The van der Waals surface area contributed by atoms with Crippen LogP contribution in [0.3, 0.4) is 0 Å². The van der Waals surface area contributed by atoms with E-state index in [0.29, 0.717) is 11.1 Å². The van der Waals surface area contributed by atoms with Crippen molar-refractivity contribution in [3.63, 3.8) is 0 Å². The fraction of sp³-hybridized carbons (Fsp3) is 0.286. The second-order valence-corrected chi connectivity index (χ2v) is 6.48. The largest absolute Gasteiger partial charge is 0.468 e. The summed E-state index contributed by atoms with van der Waals surface area (Å²) in [6.45, 7) is 5.30. The molecule has 1 unspecified atom stereocenters. The van der Waals surface area contributed by atoms with Crippen LogP contribution in [0.5, 0.6) is 0 Å².